The van der Waals surface area contributed by atoms with Crippen molar-refractivity contribution in [2.45, 2.75) is 76.9 Å². The van der Waals surface area contributed by atoms with Gasteiger partial charge in [0.05, 0.1) is 6.61 Å². The third-order valence-corrected chi connectivity index (χ3v) is 4.85. The van der Waals surface area contributed by atoms with Gasteiger partial charge in [-0.3, -0.25) is 0 Å². The second kappa shape index (κ2) is 15.1. The highest BCUT2D eigenvalue weighted by molar-refractivity contribution is 7.99. The quantitative estimate of drug-likeness (QED) is 0.355. The van der Waals surface area contributed by atoms with E-state index in [2.05, 4.69) is 13.8 Å². The molecule has 0 amide bonds. The van der Waals surface area contributed by atoms with Crippen LogP contribution in [0.25, 0.3) is 0 Å². The zero-order chi connectivity index (χ0) is 14.3. The molecule has 1 atom stereocenters. The van der Waals surface area contributed by atoms with Gasteiger partial charge in [0.1, 0.15) is 0 Å². The van der Waals surface area contributed by atoms with E-state index in [9.17, 15) is 0 Å². The Morgan fingerprint density at radius 3 is 2.26 bits per heavy atom. The predicted octanol–water partition coefficient (Wildman–Crippen LogP) is 4.87. The van der Waals surface area contributed by atoms with Crippen molar-refractivity contribution in [3.8, 4) is 0 Å². The fraction of sp³-hybridized carbons (Fsp3) is 1.00. The maximum Gasteiger partial charge on any atom is 0.327 e. The molecule has 0 saturated heterocycles. The summed E-state index contributed by atoms with van der Waals surface area (Å²) in [6.45, 7) is 4.96. The third-order valence-electron chi connectivity index (χ3n) is 3.11. The minimum Gasteiger partial charge on any atom is -0.328 e. The summed E-state index contributed by atoms with van der Waals surface area (Å²) in [6, 6.07) is 0. The van der Waals surface area contributed by atoms with Crippen LogP contribution in [0.15, 0.2) is 0 Å². The normalized spacial score (nSPS) is 13.1. The number of hydrogen-bond donors (Lipinski definition) is 2. The van der Waals surface area contributed by atoms with E-state index in [1.165, 1.54) is 50.7 Å². The van der Waals surface area contributed by atoms with Crippen molar-refractivity contribution in [2.24, 2.45) is 0 Å². The van der Waals surface area contributed by atoms with Gasteiger partial charge in [-0.2, -0.15) is 11.8 Å². The van der Waals surface area contributed by atoms with Gasteiger partial charge in [0, 0.05) is 5.25 Å². The summed E-state index contributed by atoms with van der Waals surface area (Å²) in [4.78, 5) is 17.2. The molecule has 2 N–H and O–H groups in total. The van der Waals surface area contributed by atoms with Crippen molar-refractivity contribution < 1.29 is 14.3 Å². The number of hydrogen-bond acceptors (Lipinski definition) is 4. The molecule has 0 aliphatic rings. The molecule has 3 nitrogen and oxygen atoms in total. The first kappa shape index (κ1) is 19.7. The molecule has 19 heavy (non-hydrogen) atoms. The second-order valence-corrected chi connectivity index (χ2v) is 7.34. The van der Waals surface area contributed by atoms with Crippen molar-refractivity contribution in [3.05, 3.63) is 0 Å². The van der Waals surface area contributed by atoms with Crippen molar-refractivity contribution in [1.82, 2.24) is 0 Å². The van der Waals surface area contributed by atoms with Crippen molar-refractivity contribution in [1.29, 1.82) is 0 Å². The van der Waals surface area contributed by atoms with Crippen LogP contribution in [0.3, 0.4) is 0 Å². The molecule has 0 bridgehead atoms. The lowest BCUT2D eigenvalue weighted by Gasteiger charge is -2.11. The molecule has 0 radical (unpaired) electrons. The Morgan fingerprint density at radius 2 is 1.63 bits per heavy atom. The van der Waals surface area contributed by atoms with Crippen LogP contribution in [0.4, 0.5) is 0 Å². The summed E-state index contributed by atoms with van der Waals surface area (Å²) in [5.74, 6) is 1.25. The third kappa shape index (κ3) is 16.6. The maximum atomic E-state index is 8.59. The molecule has 0 aliphatic heterocycles. The molecule has 0 heterocycles. The molecule has 5 heteroatoms. The Bertz CT molecular complexity index is 182. The zero-order valence-electron chi connectivity index (χ0n) is 12.5. The molecule has 0 aromatic rings. The zero-order valence-corrected chi connectivity index (χ0v) is 14.2. The maximum absolute atomic E-state index is 8.59. The Morgan fingerprint density at radius 1 is 1.00 bits per heavy atom. The molecule has 1 unspecified atom stereocenters. The Kier molecular flexibility index (Phi) is 15.6. The fourth-order valence-electron chi connectivity index (χ4n) is 1.94. The number of rotatable bonds is 14. The van der Waals surface area contributed by atoms with Crippen LogP contribution in [-0.2, 0) is 4.52 Å². The largest absolute Gasteiger partial charge is 0.328 e. The van der Waals surface area contributed by atoms with Crippen molar-refractivity contribution in [2.75, 3.05) is 12.4 Å². The van der Waals surface area contributed by atoms with Gasteiger partial charge in [0.2, 0.25) is 0 Å². The molecule has 0 aliphatic carbocycles. The molecule has 0 aromatic heterocycles. The van der Waals surface area contributed by atoms with E-state index in [-0.39, 0.29) is 0 Å². The number of thioether (sulfide) groups is 1. The summed E-state index contributed by atoms with van der Waals surface area (Å²) in [5.41, 5.74) is 0. The standard InChI is InChI=1S/C14H31O3PS/c1-3-4-5-6-7-8-9-13-19-14(2)11-10-12-17-18(15)16/h14-16H,3-13H2,1-2H3. The first-order valence-electron chi connectivity index (χ1n) is 7.59. The van der Waals surface area contributed by atoms with E-state index in [0.29, 0.717) is 11.9 Å². The van der Waals surface area contributed by atoms with Gasteiger partial charge in [-0.1, -0.05) is 52.4 Å². The molecule has 0 spiro atoms. The molecular formula is C14H31O3PS. The van der Waals surface area contributed by atoms with Crippen molar-refractivity contribution >= 4 is 20.4 Å². The minimum absolute atomic E-state index is 0.459. The summed E-state index contributed by atoms with van der Waals surface area (Å²) in [6.07, 6.45) is 11.6. The van der Waals surface area contributed by atoms with E-state index in [1.807, 2.05) is 11.8 Å². The van der Waals surface area contributed by atoms with E-state index in [0.717, 1.165) is 12.8 Å². The summed E-state index contributed by atoms with van der Waals surface area (Å²) in [5, 5.41) is 0.646. The first-order chi connectivity index (χ1) is 9.16. The van der Waals surface area contributed by atoms with Gasteiger partial charge in [0.25, 0.3) is 0 Å². The average Bonchev–Trinajstić information content (AvgIpc) is 2.37. The predicted molar refractivity (Wildman–Crippen MR) is 86.5 cm³/mol. The highest BCUT2D eigenvalue weighted by Gasteiger charge is 2.04. The Hall–Kier alpha value is 0.660. The highest BCUT2D eigenvalue weighted by atomic mass is 32.2. The molecular weight excluding hydrogens is 279 g/mol. The van der Waals surface area contributed by atoms with Crippen LogP contribution >= 0.6 is 20.4 Å². The number of unbranched alkanes of at least 4 members (excludes halogenated alkanes) is 6. The molecule has 0 saturated carbocycles. The summed E-state index contributed by atoms with van der Waals surface area (Å²) in [7, 11) is -2.16. The minimum atomic E-state index is -2.16. The fourth-order valence-corrected chi connectivity index (χ4v) is 3.34. The molecule has 116 valence electrons. The smallest absolute Gasteiger partial charge is 0.327 e. The molecule has 0 rings (SSSR count). The average molecular weight is 310 g/mol. The lowest BCUT2D eigenvalue weighted by atomic mass is 10.1. The van der Waals surface area contributed by atoms with Crippen LogP contribution < -0.4 is 0 Å². The van der Waals surface area contributed by atoms with Crippen LogP contribution in [0.1, 0.15) is 71.6 Å². The van der Waals surface area contributed by atoms with Crippen LogP contribution in [0.2, 0.25) is 0 Å². The topological polar surface area (TPSA) is 49.7 Å². The molecule has 0 aromatic carbocycles. The van der Waals surface area contributed by atoms with Crippen LogP contribution in [-0.4, -0.2) is 27.4 Å². The van der Waals surface area contributed by atoms with Crippen LogP contribution in [0.5, 0.6) is 0 Å². The Labute approximate surface area is 124 Å². The van der Waals surface area contributed by atoms with E-state index < -0.39 is 8.60 Å². The second-order valence-electron chi connectivity index (χ2n) is 5.03. The SMILES string of the molecule is CCCCCCCCCSC(C)CCCOP(O)O. The molecule has 0 fully saturated rings. The van der Waals surface area contributed by atoms with Crippen molar-refractivity contribution in [3.63, 3.8) is 0 Å². The van der Waals surface area contributed by atoms with E-state index >= 15 is 0 Å². The summed E-state index contributed by atoms with van der Waals surface area (Å²) < 4.78 is 4.75. The lowest BCUT2D eigenvalue weighted by molar-refractivity contribution is 0.249. The van der Waals surface area contributed by atoms with Gasteiger partial charge in [-0.15, -0.1) is 0 Å². The monoisotopic (exact) mass is 310 g/mol. The van der Waals surface area contributed by atoms with Gasteiger partial charge in [-0.05, 0) is 25.0 Å². The summed E-state index contributed by atoms with van der Waals surface area (Å²) >= 11 is 2.03. The van der Waals surface area contributed by atoms with Gasteiger partial charge in [-0.25, -0.2) is 0 Å². The highest BCUT2D eigenvalue weighted by Crippen LogP contribution is 2.25. The van der Waals surface area contributed by atoms with Crippen LogP contribution in [0, 0.1) is 0 Å². The van der Waals surface area contributed by atoms with E-state index in [1.54, 1.807) is 0 Å². The van der Waals surface area contributed by atoms with Gasteiger partial charge < -0.3 is 14.3 Å². The first-order valence-corrected chi connectivity index (χ1v) is 9.80. The van der Waals surface area contributed by atoms with Gasteiger partial charge >= 0.3 is 8.60 Å². The van der Waals surface area contributed by atoms with Gasteiger partial charge in [0.15, 0.2) is 0 Å². The van der Waals surface area contributed by atoms with E-state index in [4.69, 9.17) is 14.3 Å². The lowest BCUT2D eigenvalue weighted by Crippen LogP contribution is -2.00. The Balaban J connectivity index is 3.13.